The van der Waals surface area contributed by atoms with Gasteiger partial charge in [0.15, 0.2) is 0 Å². The van der Waals surface area contributed by atoms with Crippen LogP contribution in [0.1, 0.15) is 24.0 Å². The van der Waals surface area contributed by atoms with E-state index in [1.54, 1.807) is 18.3 Å². The van der Waals surface area contributed by atoms with E-state index in [1.807, 2.05) is 6.07 Å². The van der Waals surface area contributed by atoms with Gasteiger partial charge in [0, 0.05) is 36.9 Å². The van der Waals surface area contributed by atoms with Crippen LogP contribution in [-0.4, -0.2) is 24.1 Å². The van der Waals surface area contributed by atoms with E-state index < -0.39 is 0 Å². The summed E-state index contributed by atoms with van der Waals surface area (Å²) in [6.45, 7) is 2.46. The smallest absolute Gasteiger partial charge is 0.128 e. The van der Waals surface area contributed by atoms with Crippen LogP contribution >= 0.6 is 11.6 Å². The number of aromatic nitrogens is 1. The summed E-state index contributed by atoms with van der Waals surface area (Å²) in [4.78, 5) is 6.57. The van der Waals surface area contributed by atoms with Gasteiger partial charge in [-0.15, -0.1) is 0 Å². The Kier molecular flexibility index (Phi) is 5.29. The van der Waals surface area contributed by atoms with Crippen molar-refractivity contribution in [1.82, 2.24) is 10.3 Å². The fraction of sp³-hybridized carbons (Fsp3) is 0.333. The van der Waals surface area contributed by atoms with Crippen molar-refractivity contribution in [2.45, 2.75) is 25.4 Å². The molecule has 1 aromatic heterocycles. The largest absolute Gasteiger partial charge is 0.357 e. The number of hydrogen-bond donors (Lipinski definition) is 1. The van der Waals surface area contributed by atoms with E-state index in [1.165, 1.54) is 12.1 Å². The molecule has 24 heavy (non-hydrogen) atoms. The van der Waals surface area contributed by atoms with Gasteiger partial charge in [0.1, 0.15) is 17.7 Å². The van der Waals surface area contributed by atoms with Gasteiger partial charge in [-0.2, -0.15) is 5.26 Å². The number of nitrogens with one attached hydrogen (secondary N) is 1. The molecule has 2 aromatic rings. The molecule has 1 aromatic carbocycles. The number of hydrogen-bond acceptors (Lipinski definition) is 4. The van der Waals surface area contributed by atoms with E-state index in [4.69, 9.17) is 16.9 Å². The Hall–Kier alpha value is -2.16. The van der Waals surface area contributed by atoms with E-state index in [2.05, 4.69) is 21.3 Å². The van der Waals surface area contributed by atoms with E-state index >= 15 is 0 Å². The standard InChI is InChI=1S/C18H18ClFN4/c19-17-9-15(20)3-2-14(17)12-22-16-5-7-24(8-6-16)18-4-1-13(10-21)11-23-18/h1-4,9,11,16,22H,5-8,12H2. The molecule has 2 heterocycles. The van der Waals surface area contributed by atoms with E-state index in [9.17, 15) is 4.39 Å². The molecule has 1 N–H and O–H groups in total. The second-order valence-electron chi connectivity index (χ2n) is 5.89. The Morgan fingerprint density at radius 1 is 1.29 bits per heavy atom. The van der Waals surface area contributed by atoms with Crippen LogP contribution in [0.5, 0.6) is 0 Å². The van der Waals surface area contributed by atoms with Gasteiger partial charge in [-0.05, 0) is 42.7 Å². The van der Waals surface area contributed by atoms with Gasteiger partial charge < -0.3 is 10.2 Å². The van der Waals surface area contributed by atoms with Crippen molar-refractivity contribution in [3.8, 4) is 6.07 Å². The summed E-state index contributed by atoms with van der Waals surface area (Å²) in [6.07, 6.45) is 3.61. The first-order valence-corrected chi connectivity index (χ1v) is 8.32. The highest BCUT2D eigenvalue weighted by Gasteiger charge is 2.20. The van der Waals surface area contributed by atoms with Crippen molar-refractivity contribution >= 4 is 17.4 Å². The number of piperidine rings is 1. The van der Waals surface area contributed by atoms with Crippen LogP contribution in [0.3, 0.4) is 0 Å². The van der Waals surface area contributed by atoms with Gasteiger partial charge in [0.05, 0.1) is 5.56 Å². The van der Waals surface area contributed by atoms with Crippen molar-refractivity contribution in [2.75, 3.05) is 18.0 Å². The molecule has 124 valence electrons. The van der Waals surface area contributed by atoms with Crippen LogP contribution in [0.25, 0.3) is 0 Å². The Morgan fingerprint density at radius 2 is 2.08 bits per heavy atom. The van der Waals surface area contributed by atoms with Crippen LogP contribution in [-0.2, 0) is 6.54 Å². The van der Waals surface area contributed by atoms with E-state index in [-0.39, 0.29) is 5.82 Å². The minimum atomic E-state index is -0.313. The molecule has 0 bridgehead atoms. The quantitative estimate of drug-likeness (QED) is 0.922. The first-order chi connectivity index (χ1) is 11.7. The summed E-state index contributed by atoms with van der Waals surface area (Å²) in [5.74, 6) is 0.598. The van der Waals surface area contributed by atoms with Crippen LogP contribution in [0.4, 0.5) is 10.2 Å². The molecular formula is C18H18ClFN4. The lowest BCUT2D eigenvalue weighted by Gasteiger charge is -2.33. The number of benzene rings is 1. The number of rotatable bonds is 4. The monoisotopic (exact) mass is 344 g/mol. The first kappa shape index (κ1) is 16.7. The van der Waals surface area contributed by atoms with Crippen LogP contribution in [0.15, 0.2) is 36.5 Å². The number of anilines is 1. The molecule has 0 aliphatic carbocycles. The summed E-state index contributed by atoms with van der Waals surface area (Å²) in [5.41, 5.74) is 1.49. The fourth-order valence-electron chi connectivity index (χ4n) is 2.87. The van der Waals surface area contributed by atoms with Gasteiger partial charge >= 0.3 is 0 Å². The summed E-state index contributed by atoms with van der Waals surface area (Å²) in [5, 5.41) is 12.8. The normalized spacial score (nSPS) is 15.3. The molecule has 3 rings (SSSR count). The zero-order valence-electron chi connectivity index (χ0n) is 13.2. The summed E-state index contributed by atoms with van der Waals surface area (Å²) in [6, 6.07) is 10.7. The predicted molar refractivity (Wildman–Crippen MR) is 92.4 cm³/mol. The maximum Gasteiger partial charge on any atom is 0.128 e. The highest BCUT2D eigenvalue weighted by molar-refractivity contribution is 6.31. The molecule has 0 saturated carbocycles. The molecular weight excluding hydrogens is 327 g/mol. The van der Waals surface area contributed by atoms with Crippen molar-refractivity contribution < 1.29 is 4.39 Å². The lowest BCUT2D eigenvalue weighted by molar-refractivity contribution is 0.412. The average molecular weight is 345 g/mol. The molecule has 6 heteroatoms. The number of nitriles is 1. The Labute approximate surface area is 145 Å². The summed E-state index contributed by atoms with van der Waals surface area (Å²) >= 11 is 6.06. The topological polar surface area (TPSA) is 52.0 Å². The minimum absolute atomic E-state index is 0.313. The highest BCUT2D eigenvalue weighted by atomic mass is 35.5. The molecule has 1 fully saturated rings. The molecule has 0 unspecified atom stereocenters. The predicted octanol–water partition coefficient (Wildman–Crippen LogP) is 3.50. The maximum absolute atomic E-state index is 13.1. The van der Waals surface area contributed by atoms with Gasteiger partial charge in [0.25, 0.3) is 0 Å². The third kappa shape index (κ3) is 4.02. The van der Waals surface area contributed by atoms with Crippen LogP contribution < -0.4 is 10.2 Å². The molecule has 0 atom stereocenters. The molecule has 0 radical (unpaired) electrons. The van der Waals surface area contributed by atoms with Gasteiger partial charge in [0.2, 0.25) is 0 Å². The average Bonchev–Trinajstić information content (AvgIpc) is 2.62. The van der Waals surface area contributed by atoms with Gasteiger partial charge in [-0.1, -0.05) is 17.7 Å². The third-order valence-corrected chi connectivity index (χ3v) is 4.64. The number of halogens is 2. The van der Waals surface area contributed by atoms with Crippen LogP contribution in [0.2, 0.25) is 5.02 Å². The summed E-state index contributed by atoms with van der Waals surface area (Å²) in [7, 11) is 0. The van der Waals surface area contributed by atoms with Gasteiger partial charge in [-0.3, -0.25) is 0 Å². The third-order valence-electron chi connectivity index (χ3n) is 4.29. The van der Waals surface area contributed by atoms with Crippen molar-refractivity contribution in [3.05, 3.63) is 58.5 Å². The van der Waals surface area contributed by atoms with E-state index in [0.717, 1.165) is 37.3 Å². The molecule has 0 spiro atoms. The highest BCUT2D eigenvalue weighted by Crippen LogP contribution is 2.20. The second kappa shape index (κ2) is 7.61. The molecule has 0 amide bonds. The Bertz CT molecular complexity index is 734. The zero-order chi connectivity index (χ0) is 16.9. The second-order valence-corrected chi connectivity index (χ2v) is 6.30. The number of pyridine rings is 1. The first-order valence-electron chi connectivity index (χ1n) is 7.94. The zero-order valence-corrected chi connectivity index (χ0v) is 13.9. The van der Waals surface area contributed by atoms with Crippen molar-refractivity contribution in [2.24, 2.45) is 0 Å². The minimum Gasteiger partial charge on any atom is -0.357 e. The molecule has 4 nitrogen and oxygen atoms in total. The fourth-order valence-corrected chi connectivity index (χ4v) is 3.11. The van der Waals surface area contributed by atoms with Crippen molar-refractivity contribution in [3.63, 3.8) is 0 Å². The Morgan fingerprint density at radius 3 is 2.71 bits per heavy atom. The maximum atomic E-state index is 13.1. The SMILES string of the molecule is N#Cc1ccc(N2CCC(NCc3ccc(F)cc3Cl)CC2)nc1. The lowest BCUT2D eigenvalue weighted by atomic mass is 10.0. The van der Waals surface area contributed by atoms with Crippen LogP contribution in [0, 0.1) is 17.1 Å². The molecule has 1 aliphatic rings. The summed E-state index contributed by atoms with van der Waals surface area (Å²) < 4.78 is 13.1. The Balaban J connectivity index is 1.50. The number of nitrogens with zero attached hydrogens (tertiary/aromatic N) is 3. The molecule has 1 aliphatic heterocycles. The molecule has 1 saturated heterocycles. The van der Waals surface area contributed by atoms with Crippen molar-refractivity contribution in [1.29, 1.82) is 5.26 Å². The van der Waals surface area contributed by atoms with E-state index in [0.29, 0.717) is 23.2 Å². The van der Waals surface area contributed by atoms with Gasteiger partial charge in [-0.25, -0.2) is 9.37 Å². The lowest BCUT2D eigenvalue weighted by Crippen LogP contribution is -2.42.